The Bertz CT molecular complexity index is 332. The van der Waals surface area contributed by atoms with E-state index in [0.29, 0.717) is 12.5 Å². The van der Waals surface area contributed by atoms with Crippen LogP contribution in [0.3, 0.4) is 0 Å². The summed E-state index contributed by atoms with van der Waals surface area (Å²) >= 11 is 0. The predicted octanol–water partition coefficient (Wildman–Crippen LogP) is 3.23. The van der Waals surface area contributed by atoms with Crippen LogP contribution in [0, 0.1) is 11.8 Å². The van der Waals surface area contributed by atoms with Gasteiger partial charge in [0, 0.05) is 12.5 Å². The number of ether oxygens (including phenoxy) is 1. The summed E-state index contributed by atoms with van der Waals surface area (Å²) in [7, 11) is 0. The zero-order chi connectivity index (χ0) is 13.3. The molecule has 0 aliphatic rings. The molecule has 0 heterocycles. The molecule has 2 nitrogen and oxygen atoms in total. The van der Waals surface area contributed by atoms with E-state index in [2.05, 4.69) is 10.7 Å². The second-order valence-electron chi connectivity index (χ2n) is 3.21. The molecule has 0 bridgehead atoms. The maximum absolute atomic E-state index is 12.5. The first-order valence-corrected chi connectivity index (χ1v) is 5.36. The zero-order valence-corrected chi connectivity index (χ0v) is 9.86. The molecule has 0 aromatic rings. The molecule has 0 rings (SSSR count). The minimum Gasteiger partial charge on any atom is -0.463 e. The van der Waals surface area contributed by atoms with Crippen LogP contribution < -0.4 is 0 Å². The van der Waals surface area contributed by atoms with Crippen LogP contribution in [0.25, 0.3) is 0 Å². The van der Waals surface area contributed by atoms with Crippen molar-refractivity contribution in [3.63, 3.8) is 0 Å². The molecule has 0 spiro atoms. The normalized spacial score (nSPS) is 11.7. The molecular weight excluding hydrogens is 233 g/mol. The van der Waals surface area contributed by atoms with E-state index in [9.17, 15) is 18.0 Å². The van der Waals surface area contributed by atoms with E-state index in [1.807, 2.05) is 12.8 Å². The van der Waals surface area contributed by atoms with E-state index >= 15 is 0 Å². The molecule has 0 aliphatic heterocycles. The summed E-state index contributed by atoms with van der Waals surface area (Å²) in [5.41, 5.74) is -1.16. The van der Waals surface area contributed by atoms with E-state index in [4.69, 9.17) is 0 Å². The van der Waals surface area contributed by atoms with Gasteiger partial charge in [-0.1, -0.05) is 25.2 Å². The van der Waals surface area contributed by atoms with Gasteiger partial charge in [-0.2, -0.15) is 13.2 Å². The fourth-order valence-corrected chi connectivity index (χ4v) is 0.913. The molecule has 0 aromatic carbocycles. The van der Waals surface area contributed by atoms with Crippen LogP contribution in [0.2, 0.25) is 0 Å². The number of carbonyl (C=O) groups is 1. The number of esters is 1. The first-order chi connectivity index (χ1) is 7.91. The fourth-order valence-electron chi connectivity index (χ4n) is 0.913. The largest absolute Gasteiger partial charge is 0.463 e. The third-order valence-corrected chi connectivity index (χ3v) is 1.73. The van der Waals surface area contributed by atoms with Crippen LogP contribution >= 0.6 is 0 Å². The van der Waals surface area contributed by atoms with E-state index in [1.54, 1.807) is 0 Å². The smallest absolute Gasteiger partial charge is 0.424 e. The van der Waals surface area contributed by atoms with Gasteiger partial charge in [-0.15, -0.1) is 0 Å². The number of halogens is 3. The van der Waals surface area contributed by atoms with Gasteiger partial charge in [-0.3, -0.25) is 0 Å². The first kappa shape index (κ1) is 15.6. The first-order valence-electron chi connectivity index (χ1n) is 5.36. The fraction of sp³-hybridized carbons (Fsp3) is 0.583. The Morgan fingerprint density at radius 2 is 2.00 bits per heavy atom. The highest BCUT2D eigenvalue weighted by atomic mass is 19.4. The van der Waals surface area contributed by atoms with Crippen molar-refractivity contribution in [1.29, 1.82) is 0 Å². The summed E-state index contributed by atoms with van der Waals surface area (Å²) in [6, 6.07) is 0. The van der Waals surface area contributed by atoms with Crippen molar-refractivity contribution in [2.75, 3.05) is 6.61 Å². The Kier molecular flexibility index (Phi) is 7.11. The van der Waals surface area contributed by atoms with Gasteiger partial charge in [0.05, 0.1) is 6.61 Å². The molecule has 0 N–H and O–H groups in total. The Balaban J connectivity index is 4.76. The average Bonchev–Trinajstić information content (AvgIpc) is 2.21. The van der Waals surface area contributed by atoms with Crippen LogP contribution in [0.4, 0.5) is 13.2 Å². The van der Waals surface area contributed by atoms with Gasteiger partial charge in [0.1, 0.15) is 5.57 Å². The molecule has 0 aliphatic carbocycles. The van der Waals surface area contributed by atoms with Crippen LogP contribution in [0.15, 0.2) is 11.6 Å². The van der Waals surface area contributed by atoms with Crippen LogP contribution in [0.1, 0.15) is 33.1 Å². The van der Waals surface area contributed by atoms with Crippen LogP contribution in [0.5, 0.6) is 0 Å². The van der Waals surface area contributed by atoms with Crippen molar-refractivity contribution in [1.82, 2.24) is 0 Å². The highest BCUT2D eigenvalue weighted by molar-refractivity contribution is 5.84. The van der Waals surface area contributed by atoms with E-state index in [0.717, 1.165) is 12.8 Å². The number of rotatable bonds is 4. The van der Waals surface area contributed by atoms with Gasteiger partial charge < -0.3 is 4.74 Å². The summed E-state index contributed by atoms with van der Waals surface area (Å²) < 4.78 is 41.8. The van der Waals surface area contributed by atoms with Gasteiger partial charge in [-0.25, -0.2) is 4.79 Å². The average molecular weight is 248 g/mol. The third-order valence-electron chi connectivity index (χ3n) is 1.73. The van der Waals surface area contributed by atoms with Crippen molar-refractivity contribution in [3.8, 4) is 11.8 Å². The number of hydrogen-bond donors (Lipinski definition) is 0. The van der Waals surface area contributed by atoms with Crippen molar-refractivity contribution >= 4 is 5.97 Å². The number of alkyl halides is 3. The molecule has 0 amide bonds. The van der Waals surface area contributed by atoms with E-state index in [-0.39, 0.29) is 6.61 Å². The molecule has 0 radical (unpaired) electrons. The second-order valence-corrected chi connectivity index (χ2v) is 3.21. The number of carbonyl (C=O) groups excluding carboxylic acids is 1. The number of unbranched alkanes of at least 4 members (excludes halogenated alkanes) is 2. The Morgan fingerprint density at radius 3 is 2.47 bits per heavy atom. The molecule has 0 unspecified atom stereocenters. The Morgan fingerprint density at radius 1 is 1.35 bits per heavy atom. The Hall–Kier alpha value is -1.44. The SMILES string of the molecule is CCCCC#C/C(=C\C(=O)OCC)C(F)(F)F. The lowest BCUT2D eigenvalue weighted by Gasteiger charge is -2.05. The molecule has 0 fully saturated rings. The summed E-state index contributed by atoms with van der Waals surface area (Å²) in [6.45, 7) is 3.47. The molecule has 96 valence electrons. The lowest BCUT2D eigenvalue weighted by atomic mass is 10.2. The van der Waals surface area contributed by atoms with Crippen molar-refractivity contribution in [3.05, 3.63) is 11.6 Å². The summed E-state index contributed by atoms with van der Waals surface area (Å²) in [5, 5.41) is 0. The maximum atomic E-state index is 12.5. The molecule has 0 saturated carbocycles. The standard InChI is InChI=1S/C12H15F3O2/c1-3-5-6-7-8-10(12(13,14)15)9-11(16)17-4-2/h9H,3-6H2,1-2H3/b10-9+. The minimum absolute atomic E-state index is 0.0315. The molecule has 17 heavy (non-hydrogen) atoms. The summed E-state index contributed by atoms with van der Waals surface area (Å²) in [5.74, 6) is 3.34. The highest BCUT2D eigenvalue weighted by Crippen LogP contribution is 2.24. The molecule has 5 heteroatoms. The lowest BCUT2D eigenvalue weighted by molar-refractivity contribution is -0.138. The third kappa shape index (κ3) is 7.45. The summed E-state index contributed by atoms with van der Waals surface area (Å²) in [4.78, 5) is 10.9. The molecule has 0 atom stereocenters. The van der Waals surface area contributed by atoms with Crippen molar-refractivity contribution in [2.24, 2.45) is 0 Å². The molecule has 0 aromatic heterocycles. The van der Waals surface area contributed by atoms with E-state index in [1.165, 1.54) is 6.92 Å². The Labute approximate surface area is 98.8 Å². The zero-order valence-electron chi connectivity index (χ0n) is 9.86. The topological polar surface area (TPSA) is 26.3 Å². The quantitative estimate of drug-likeness (QED) is 0.330. The predicted molar refractivity (Wildman–Crippen MR) is 58.1 cm³/mol. The van der Waals surface area contributed by atoms with Gasteiger partial charge in [0.2, 0.25) is 0 Å². The van der Waals surface area contributed by atoms with Crippen LogP contribution in [-0.2, 0) is 9.53 Å². The van der Waals surface area contributed by atoms with Crippen molar-refractivity contribution < 1.29 is 22.7 Å². The summed E-state index contributed by atoms with van der Waals surface area (Å²) in [6.07, 6.45) is -2.25. The molecular formula is C12H15F3O2. The van der Waals surface area contributed by atoms with Gasteiger partial charge in [0.15, 0.2) is 0 Å². The minimum atomic E-state index is -4.62. The van der Waals surface area contributed by atoms with E-state index < -0.39 is 17.7 Å². The van der Waals surface area contributed by atoms with Crippen molar-refractivity contribution in [2.45, 2.75) is 39.3 Å². The molecule has 0 saturated heterocycles. The lowest BCUT2D eigenvalue weighted by Crippen LogP contribution is -2.13. The number of hydrogen-bond acceptors (Lipinski definition) is 2. The van der Waals surface area contributed by atoms with Gasteiger partial charge in [0.25, 0.3) is 0 Å². The van der Waals surface area contributed by atoms with Gasteiger partial charge in [-0.05, 0) is 13.3 Å². The maximum Gasteiger partial charge on any atom is 0.424 e. The highest BCUT2D eigenvalue weighted by Gasteiger charge is 2.33. The monoisotopic (exact) mass is 248 g/mol. The van der Waals surface area contributed by atoms with Crippen LogP contribution in [-0.4, -0.2) is 18.8 Å². The van der Waals surface area contributed by atoms with Gasteiger partial charge >= 0.3 is 12.1 Å². The number of allylic oxidation sites excluding steroid dienone is 1. The second kappa shape index (κ2) is 7.77.